The summed E-state index contributed by atoms with van der Waals surface area (Å²) in [4.78, 5) is 10.9. The Morgan fingerprint density at radius 1 is 1.67 bits per heavy atom. The lowest BCUT2D eigenvalue weighted by molar-refractivity contribution is 0.101. The van der Waals surface area contributed by atoms with Crippen molar-refractivity contribution in [3.8, 4) is 0 Å². The van der Waals surface area contributed by atoms with Gasteiger partial charge in [0.25, 0.3) is 0 Å². The molecule has 0 radical (unpaired) electrons. The van der Waals surface area contributed by atoms with Gasteiger partial charge >= 0.3 is 7.12 Å². The third kappa shape index (κ3) is 1.87. The highest BCUT2D eigenvalue weighted by Crippen LogP contribution is 2.18. The van der Waals surface area contributed by atoms with Crippen LogP contribution in [0.3, 0.4) is 0 Å². The number of halogens is 1. The summed E-state index contributed by atoms with van der Waals surface area (Å²) in [5, 5.41) is 17.6. The standard InChI is InChI=1S/C6H6BClO3S/c1-3(9)4-2-5(8)12-6(4)7(10)11/h2,10-11H,1H3. The molecule has 0 saturated heterocycles. The Morgan fingerprint density at radius 3 is 2.58 bits per heavy atom. The van der Waals surface area contributed by atoms with Gasteiger partial charge in [-0.2, -0.15) is 0 Å². The monoisotopic (exact) mass is 204 g/mol. The van der Waals surface area contributed by atoms with Crippen LogP contribution in [0.4, 0.5) is 0 Å². The maximum absolute atomic E-state index is 10.9. The molecule has 0 aliphatic heterocycles. The summed E-state index contributed by atoms with van der Waals surface area (Å²) in [6, 6.07) is 1.43. The van der Waals surface area contributed by atoms with Crippen molar-refractivity contribution in [2.75, 3.05) is 0 Å². The van der Waals surface area contributed by atoms with E-state index in [1.807, 2.05) is 0 Å². The molecule has 1 aromatic heterocycles. The van der Waals surface area contributed by atoms with Crippen LogP contribution in [0, 0.1) is 0 Å². The number of rotatable bonds is 2. The largest absolute Gasteiger partial charge is 0.499 e. The van der Waals surface area contributed by atoms with Crippen molar-refractivity contribution < 1.29 is 14.8 Å². The van der Waals surface area contributed by atoms with Gasteiger partial charge in [-0.1, -0.05) is 11.6 Å². The molecule has 1 rings (SSSR count). The number of Topliss-reactive ketones (excluding diaryl/α,β-unsaturated/α-hetero) is 1. The van der Waals surface area contributed by atoms with Gasteiger partial charge in [-0.15, -0.1) is 11.3 Å². The number of carbonyl (C=O) groups is 1. The van der Waals surface area contributed by atoms with E-state index in [9.17, 15) is 4.79 Å². The van der Waals surface area contributed by atoms with Gasteiger partial charge in [0.2, 0.25) is 0 Å². The lowest BCUT2D eigenvalue weighted by atomic mass is 9.85. The normalized spacial score (nSPS) is 10.0. The van der Waals surface area contributed by atoms with E-state index in [1.165, 1.54) is 13.0 Å². The topological polar surface area (TPSA) is 57.5 Å². The summed E-state index contributed by atoms with van der Waals surface area (Å²) in [5.41, 5.74) is 0.278. The zero-order chi connectivity index (χ0) is 9.30. The van der Waals surface area contributed by atoms with Crippen molar-refractivity contribution in [2.24, 2.45) is 0 Å². The highest BCUT2D eigenvalue weighted by atomic mass is 35.5. The van der Waals surface area contributed by atoms with E-state index in [0.29, 0.717) is 4.34 Å². The molecule has 0 spiro atoms. The fraction of sp³-hybridized carbons (Fsp3) is 0.167. The fourth-order valence-corrected chi connectivity index (χ4v) is 2.00. The van der Waals surface area contributed by atoms with Crippen molar-refractivity contribution in [3.63, 3.8) is 0 Å². The predicted molar refractivity (Wildman–Crippen MR) is 49.2 cm³/mol. The summed E-state index contributed by atoms with van der Waals surface area (Å²) in [6.07, 6.45) is 0. The lowest BCUT2D eigenvalue weighted by Crippen LogP contribution is -2.30. The molecule has 0 atom stereocenters. The molecule has 0 aliphatic carbocycles. The van der Waals surface area contributed by atoms with Gasteiger partial charge in [0.15, 0.2) is 5.78 Å². The van der Waals surface area contributed by atoms with Gasteiger partial charge in [0.05, 0.1) is 4.34 Å². The molecule has 0 unspecified atom stereocenters. The Hall–Kier alpha value is -0.355. The second-order valence-corrected chi connectivity index (χ2v) is 3.97. The Balaban J connectivity index is 3.17. The minimum absolute atomic E-state index is 0.201. The fourth-order valence-electron chi connectivity index (χ4n) is 0.841. The highest BCUT2D eigenvalue weighted by molar-refractivity contribution is 7.25. The van der Waals surface area contributed by atoms with E-state index in [0.717, 1.165) is 11.3 Å². The predicted octanol–water partition coefficient (Wildman–Crippen LogP) is 0.284. The average Bonchev–Trinajstić information content (AvgIpc) is 2.31. The molecule has 6 heteroatoms. The molecule has 0 bridgehead atoms. The molecule has 64 valence electrons. The van der Waals surface area contributed by atoms with Gasteiger partial charge in [-0.05, 0) is 13.0 Å². The van der Waals surface area contributed by atoms with E-state index in [-0.39, 0.29) is 16.1 Å². The maximum atomic E-state index is 10.9. The van der Waals surface area contributed by atoms with Crippen molar-refractivity contribution in [1.82, 2.24) is 0 Å². The summed E-state index contributed by atoms with van der Waals surface area (Å²) in [7, 11) is -1.62. The number of carbonyl (C=O) groups excluding carboxylic acids is 1. The van der Waals surface area contributed by atoms with Crippen LogP contribution in [0.5, 0.6) is 0 Å². The number of hydrogen-bond donors (Lipinski definition) is 2. The van der Waals surface area contributed by atoms with Gasteiger partial charge in [-0.3, -0.25) is 4.79 Å². The van der Waals surface area contributed by atoms with Gasteiger partial charge in [0, 0.05) is 10.3 Å². The summed E-state index contributed by atoms with van der Waals surface area (Å²) >= 11 is 6.59. The molecule has 12 heavy (non-hydrogen) atoms. The minimum Gasteiger partial charge on any atom is -0.423 e. The van der Waals surface area contributed by atoms with Crippen molar-refractivity contribution in [2.45, 2.75) is 6.92 Å². The van der Waals surface area contributed by atoms with Crippen LogP contribution < -0.4 is 4.78 Å². The molecule has 2 N–H and O–H groups in total. The number of hydrogen-bond acceptors (Lipinski definition) is 4. The Kier molecular flexibility index (Phi) is 2.90. The first-order chi connectivity index (χ1) is 5.52. The first-order valence-corrected chi connectivity index (χ1v) is 4.38. The SMILES string of the molecule is CC(=O)c1cc(Cl)sc1B(O)O. The van der Waals surface area contributed by atoms with Crippen LogP contribution >= 0.6 is 22.9 Å². The molecular weight excluding hydrogens is 198 g/mol. The van der Waals surface area contributed by atoms with Crippen LogP contribution in [-0.4, -0.2) is 22.9 Å². The molecule has 1 aromatic rings. The second-order valence-electron chi connectivity index (χ2n) is 2.26. The smallest absolute Gasteiger partial charge is 0.423 e. The van der Waals surface area contributed by atoms with Crippen molar-refractivity contribution in [1.29, 1.82) is 0 Å². The zero-order valence-corrected chi connectivity index (χ0v) is 7.82. The minimum atomic E-state index is -1.62. The highest BCUT2D eigenvalue weighted by Gasteiger charge is 2.21. The van der Waals surface area contributed by atoms with Crippen LogP contribution in [0.25, 0.3) is 0 Å². The van der Waals surface area contributed by atoms with Gasteiger partial charge in [0.1, 0.15) is 0 Å². The van der Waals surface area contributed by atoms with E-state index in [4.69, 9.17) is 21.6 Å². The van der Waals surface area contributed by atoms with Crippen LogP contribution in [0.1, 0.15) is 17.3 Å². The lowest BCUT2D eigenvalue weighted by Gasteiger charge is -1.95. The number of ketones is 1. The first-order valence-electron chi connectivity index (χ1n) is 3.18. The molecular formula is C6H6BClO3S. The maximum Gasteiger partial charge on any atom is 0.499 e. The molecule has 0 fully saturated rings. The Labute approximate surface area is 78.7 Å². The first kappa shape index (κ1) is 9.73. The Bertz CT molecular complexity index is 310. The van der Waals surface area contributed by atoms with Crippen LogP contribution in [0.15, 0.2) is 6.07 Å². The quantitative estimate of drug-likeness (QED) is 0.538. The van der Waals surface area contributed by atoms with Crippen molar-refractivity contribution >= 4 is 40.6 Å². The summed E-state index contributed by atoms with van der Waals surface area (Å²) in [6.45, 7) is 1.35. The molecule has 1 heterocycles. The molecule has 0 aromatic carbocycles. The molecule has 3 nitrogen and oxygen atoms in total. The third-order valence-electron chi connectivity index (χ3n) is 1.34. The van der Waals surface area contributed by atoms with E-state index < -0.39 is 7.12 Å². The second kappa shape index (κ2) is 3.57. The van der Waals surface area contributed by atoms with E-state index >= 15 is 0 Å². The zero-order valence-electron chi connectivity index (χ0n) is 6.24. The van der Waals surface area contributed by atoms with Crippen LogP contribution in [-0.2, 0) is 0 Å². The van der Waals surface area contributed by atoms with Crippen molar-refractivity contribution in [3.05, 3.63) is 16.0 Å². The molecule has 0 amide bonds. The molecule has 0 aliphatic rings. The number of thiophene rings is 1. The van der Waals surface area contributed by atoms with E-state index in [2.05, 4.69) is 0 Å². The van der Waals surface area contributed by atoms with Gasteiger partial charge in [-0.25, -0.2) is 0 Å². The summed E-state index contributed by atoms with van der Waals surface area (Å²) in [5.74, 6) is -0.221. The van der Waals surface area contributed by atoms with Crippen LogP contribution in [0.2, 0.25) is 4.34 Å². The molecule has 0 saturated carbocycles. The Morgan fingerprint density at radius 2 is 2.25 bits per heavy atom. The third-order valence-corrected chi connectivity index (χ3v) is 2.65. The summed E-state index contributed by atoms with van der Waals surface area (Å²) < 4.78 is 0.579. The van der Waals surface area contributed by atoms with E-state index in [1.54, 1.807) is 0 Å². The average molecular weight is 204 g/mol. The van der Waals surface area contributed by atoms with Gasteiger partial charge < -0.3 is 10.0 Å².